The Bertz CT molecular complexity index is 524. The lowest BCUT2D eigenvalue weighted by Crippen LogP contribution is -2.15. The number of thiophene rings is 1. The molecule has 0 aliphatic carbocycles. The Balaban J connectivity index is 2.31. The highest BCUT2D eigenvalue weighted by Gasteiger charge is 2.21. The van der Waals surface area contributed by atoms with Crippen LogP contribution >= 0.6 is 22.9 Å². The van der Waals surface area contributed by atoms with Crippen molar-refractivity contribution in [1.29, 1.82) is 0 Å². The topological polar surface area (TPSA) is 25.2 Å². The first-order valence-corrected chi connectivity index (χ1v) is 7.14. The molecule has 2 aromatic rings. The summed E-state index contributed by atoms with van der Waals surface area (Å²) in [6.45, 7) is 6.67. The van der Waals surface area contributed by atoms with Gasteiger partial charge in [-0.1, -0.05) is 20.8 Å². The summed E-state index contributed by atoms with van der Waals surface area (Å²) in [6, 6.07) is 8.11. The molecule has 0 aliphatic heterocycles. The number of nitrogens with one attached hydrogen (secondary N) is 1. The van der Waals surface area contributed by atoms with Gasteiger partial charge in [-0.25, -0.2) is 0 Å². The summed E-state index contributed by atoms with van der Waals surface area (Å²) in [5, 5.41) is 3.70. The Morgan fingerprint density at radius 2 is 1.94 bits per heavy atom. The summed E-state index contributed by atoms with van der Waals surface area (Å²) in [6.07, 6.45) is 0. The normalized spacial score (nSPS) is 13.8. The van der Waals surface area contributed by atoms with Gasteiger partial charge in [-0.3, -0.25) is 0 Å². The number of furan rings is 1. The monoisotopic (exact) mass is 283 g/mol. The maximum atomic E-state index is 5.84. The molecule has 0 saturated carbocycles. The quantitative estimate of drug-likeness (QED) is 0.890. The van der Waals surface area contributed by atoms with Crippen molar-refractivity contribution in [2.75, 3.05) is 7.05 Å². The van der Waals surface area contributed by atoms with Crippen molar-refractivity contribution < 1.29 is 4.42 Å². The van der Waals surface area contributed by atoms with Crippen LogP contribution in [0.25, 0.3) is 0 Å². The lowest BCUT2D eigenvalue weighted by molar-refractivity contribution is 0.468. The summed E-state index contributed by atoms with van der Waals surface area (Å²) in [7, 11) is 1.93. The Hall–Kier alpha value is -0.770. The third-order valence-corrected chi connectivity index (χ3v) is 4.60. The maximum absolute atomic E-state index is 5.84. The minimum absolute atomic E-state index is 0.0681. The predicted molar refractivity (Wildman–Crippen MR) is 77.6 cm³/mol. The van der Waals surface area contributed by atoms with Crippen molar-refractivity contribution in [2.24, 2.45) is 0 Å². The molecule has 4 heteroatoms. The van der Waals surface area contributed by atoms with Crippen LogP contribution in [-0.4, -0.2) is 7.05 Å². The average molecular weight is 284 g/mol. The molecule has 1 unspecified atom stereocenters. The van der Waals surface area contributed by atoms with Gasteiger partial charge in [0.2, 0.25) is 0 Å². The number of rotatable bonds is 3. The molecule has 0 amide bonds. The zero-order valence-corrected chi connectivity index (χ0v) is 12.7. The SMILES string of the molecule is CNC(c1ccc(Cl)o1)c1ccc(C(C)(C)C)s1. The minimum Gasteiger partial charge on any atom is -0.448 e. The molecule has 1 atom stereocenters. The van der Waals surface area contributed by atoms with E-state index >= 15 is 0 Å². The fourth-order valence-electron chi connectivity index (χ4n) is 1.82. The third kappa shape index (κ3) is 2.79. The smallest absolute Gasteiger partial charge is 0.193 e. The first-order chi connectivity index (χ1) is 8.41. The molecule has 0 aromatic carbocycles. The summed E-state index contributed by atoms with van der Waals surface area (Å²) in [5.74, 6) is 0.852. The van der Waals surface area contributed by atoms with E-state index in [9.17, 15) is 0 Å². The van der Waals surface area contributed by atoms with Crippen molar-refractivity contribution in [2.45, 2.75) is 32.2 Å². The summed E-state index contributed by atoms with van der Waals surface area (Å²) < 4.78 is 5.50. The largest absolute Gasteiger partial charge is 0.448 e. The number of halogens is 1. The number of hydrogen-bond acceptors (Lipinski definition) is 3. The maximum Gasteiger partial charge on any atom is 0.193 e. The molecule has 2 aromatic heterocycles. The van der Waals surface area contributed by atoms with Crippen molar-refractivity contribution in [3.8, 4) is 0 Å². The van der Waals surface area contributed by atoms with Crippen LogP contribution in [0.5, 0.6) is 0 Å². The van der Waals surface area contributed by atoms with Crippen LogP contribution < -0.4 is 5.32 Å². The van der Waals surface area contributed by atoms with Crippen LogP contribution in [0.1, 0.15) is 42.3 Å². The van der Waals surface area contributed by atoms with Gasteiger partial charge in [-0.05, 0) is 48.3 Å². The lowest BCUT2D eigenvalue weighted by Gasteiger charge is -2.16. The lowest BCUT2D eigenvalue weighted by atomic mass is 9.95. The molecule has 2 nitrogen and oxygen atoms in total. The molecule has 98 valence electrons. The second kappa shape index (κ2) is 5.08. The van der Waals surface area contributed by atoms with Gasteiger partial charge >= 0.3 is 0 Å². The molecule has 0 saturated heterocycles. The fourth-order valence-corrected chi connectivity index (χ4v) is 3.16. The van der Waals surface area contributed by atoms with E-state index in [0.29, 0.717) is 5.22 Å². The van der Waals surface area contributed by atoms with Gasteiger partial charge < -0.3 is 9.73 Å². The molecule has 0 spiro atoms. The van der Waals surface area contributed by atoms with E-state index < -0.39 is 0 Å². The van der Waals surface area contributed by atoms with Gasteiger partial charge in [0.25, 0.3) is 0 Å². The summed E-state index contributed by atoms with van der Waals surface area (Å²) >= 11 is 7.65. The molecule has 2 heterocycles. The van der Waals surface area contributed by atoms with Gasteiger partial charge in [-0.15, -0.1) is 11.3 Å². The van der Waals surface area contributed by atoms with E-state index in [1.54, 1.807) is 6.07 Å². The van der Waals surface area contributed by atoms with Crippen molar-refractivity contribution in [1.82, 2.24) is 5.32 Å². The zero-order valence-electron chi connectivity index (χ0n) is 11.1. The van der Waals surface area contributed by atoms with Gasteiger partial charge in [-0.2, -0.15) is 0 Å². The van der Waals surface area contributed by atoms with Crippen LogP contribution in [0.2, 0.25) is 5.22 Å². The van der Waals surface area contributed by atoms with Gasteiger partial charge in [0.05, 0.1) is 0 Å². The molecule has 1 N–H and O–H groups in total. The highest BCUT2D eigenvalue weighted by molar-refractivity contribution is 7.12. The number of hydrogen-bond donors (Lipinski definition) is 1. The molecular weight excluding hydrogens is 266 g/mol. The Labute approximate surface area is 117 Å². The molecular formula is C14H18ClNOS. The molecule has 0 bridgehead atoms. The van der Waals surface area contributed by atoms with Gasteiger partial charge in [0, 0.05) is 9.75 Å². The Morgan fingerprint density at radius 3 is 2.39 bits per heavy atom. The van der Waals surface area contributed by atoms with Crippen LogP contribution in [0, 0.1) is 0 Å². The van der Waals surface area contributed by atoms with E-state index in [1.165, 1.54) is 9.75 Å². The molecule has 2 rings (SSSR count). The van der Waals surface area contributed by atoms with Crippen LogP contribution in [0.15, 0.2) is 28.7 Å². The van der Waals surface area contributed by atoms with Crippen LogP contribution in [0.4, 0.5) is 0 Å². The summed E-state index contributed by atoms with van der Waals surface area (Å²) in [4.78, 5) is 2.61. The van der Waals surface area contributed by atoms with Crippen LogP contribution in [0.3, 0.4) is 0 Å². The Kier molecular flexibility index (Phi) is 3.85. The molecule has 0 aliphatic rings. The molecule has 0 fully saturated rings. The molecule has 0 radical (unpaired) electrons. The van der Waals surface area contributed by atoms with Gasteiger partial charge in [0.15, 0.2) is 5.22 Å². The molecule has 18 heavy (non-hydrogen) atoms. The standard InChI is InChI=1S/C14H18ClNOS/c1-14(2,3)11-7-6-10(18-11)13(16-4)9-5-8-12(15)17-9/h5-8,13,16H,1-4H3. The third-order valence-electron chi connectivity index (χ3n) is 2.82. The average Bonchev–Trinajstić information content (AvgIpc) is 2.88. The Morgan fingerprint density at radius 1 is 1.22 bits per heavy atom. The van der Waals surface area contributed by atoms with E-state index in [4.69, 9.17) is 16.0 Å². The predicted octanol–water partition coefficient (Wildman–Crippen LogP) is 4.60. The van der Waals surface area contributed by atoms with Crippen molar-refractivity contribution in [3.63, 3.8) is 0 Å². The van der Waals surface area contributed by atoms with E-state index in [2.05, 4.69) is 38.2 Å². The van der Waals surface area contributed by atoms with E-state index in [1.807, 2.05) is 24.5 Å². The zero-order chi connectivity index (χ0) is 13.3. The van der Waals surface area contributed by atoms with Crippen LogP contribution in [-0.2, 0) is 5.41 Å². The van der Waals surface area contributed by atoms with Crippen molar-refractivity contribution in [3.05, 3.63) is 45.0 Å². The van der Waals surface area contributed by atoms with E-state index in [-0.39, 0.29) is 11.5 Å². The fraction of sp³-hybridized carbons (Fsp3) is 0.429. The first kappa shape index (κ1) is 13.7. The first-order valence-electron chi connectivity index (χ1n) is 5.94. The minimum atomic E-state index is 0.0681. The summed E-state index contributed by atoms with van der Waals surface area (Å²) in [5.41, 5.74) is 0.183. The van der Waals surface area contributed by atoms with Gasteiger partial charge in [0.1, 0.15) is 11.8 Å². The highest BCUT2D eigenvalue weighted by Crippen LogP contribution is 2.35. The van der Waals surface area contributed by atoms with Crippen molar-refractivity contribution >= 4 is 22.9 Å². The highest BCUT2D eigenvalue weighted by atomic mass is 35.5. The second-order valence-electron chi connectivity index (χ2n) is 5.32. The second-order valence-corrected chi connectivity index (χ2v) is 6.80. The van der Waals surface area contributed by atoms with E-state index in [0.717, 1.165) is 5.76 Å².